The van der Waals surface area contributed by atoms with Crippen LogP contribution in [0.25, 0.3) is 5.57 Å². The van der Waals surface area contributed by atoms with E-state index in [2.05, 4.69) is 31.4 Å². The minimum atomic E-state index is -0.417. The molecular weight excluding hydrogens is 438 g/mol. The Bertz CT molecular complexity index is 1310. The SMILES string of the molecule is CC(=O)Nc1ccc(C2=C(Nc3ccc(C(C)(C)C)cc3)C(=O)N(c3ccc(C)cc3)C2=O)cc1. The Hall–Kier alpha value is -4.19. The van der Waals surface area contributed by atoms with Crippen molar-refractivity contribution in [1.29, 1.82) is 0 Å². The first kappa shape index (κ1) is 24.0. The van der Waals surface area contributed by atoms with E-state index in [1.807, 2.05) is 43.3 Å². The minimum Gasteiger partial charge on any atom is -0.350 e. The summed E-state index contributed by atoms with van der Waals surface area (Å²) in [7, 11) is 0. The highest BCUT2D eigenvalue weighted by atomic mass is 16.2. The third-order valence-corrected chi connectivity index (χ3v) is 5.89. The molecule has 4 rings (SSSR count). The van der Waals surface area contributed by atoms with E-state index in [1.54, 1.807) is 36.4 Å². The molecule has 0 radical (unpaired) electrons. The molecule has 0 unspecified atom stereocenters. The van der Waals surface area contributed by atoms with E-state index in [9.17, 15) is 14.4 Å². The molecule has 3 aromatic carbocycles. The average Bonchev–Trinajstić information content (AvgIpc) is 3.04. The molecule has 0 atom stereocenters. The van der Waals surface area contributed by atoms with Crippen LogP contribution in [-0.4, -0.2) is 17.7 Å². The van der Waals surface area contributed by atoms with Gasteiger partial charge in [-0.3, -0.25) is 14.4 Å². The summed E-state index contributed by atoms with van der Waals surface area (Å²) in [6, 6.07) is 22.0. The predicted octanol–water partition coefficient (Wildman–Crippen LogP) is 5.65. The maximum Gasteiger partial charge on any atom is 0.282 e. The molecule has 0 saturated carbocycles. The fourth-order valence-electron chi connectivity index (χ4n) is 3.96. The van der Waals surface area contributed by atoms with Gasteiger partial charge in [-0.25, -0.2) is 4.90 Å². The summed E-state index contributed by atoms with van der Waals surface area (Å²) in [4.78, 5) is 39.7. The lowest BCUT2D eigenvalue weighted by Crippen LogP contribution is -2.32. The quantitative estimate of drug-likeness (QED) is 0.476. The van der Waals surface area contributed by atoms with Crippen LogP contribution >= 0.6 is 0 Å². The predicted molar refractivity (Wildman–Crippen MR) is 140 cm³/mol. The Balaban J connectivity index is 1.75. The topological polar surface area (TPSA) is 78.5 Å². The lowest BCUT2D eigenvalue weighted by molar-refractivity contribution is -0.120. The van der Waals surface area contributed by atoms with E-state index in [4.69, 9.17) is 0 Å². The largest absolute Gasteiger partial charge is 0.350 e. The van der Waals surface area contributed by atoms with Gasteiger partial charge in [0.1, 0.15) is 5.70 Å². The van der Waals surface area contributed by atoms with Gasteiger partial charge in [0, 0.05) is 18.3 Å². The zero-order valence-corrected chi connectivity index (χ0v) is 20.6. The molecule has 1 heterocycles. The summed E-state index contributed by atoms with van der Waals surface area (Å²) in [5.41, 5.74) is 5.12. The van der Waals surface area contributed by atoms with Crippen molar-refractivity contribution < 1.29 is 14.4 Å². The summed E-state index contributed by atoms with van der Waals surface area (Å²) >= 11 is 0. The average molecular weight is 468 g/mol. The number of nitrogens with one attached hydrogen (secondary N) is 2. The molecule has 0 aliphatic carbocycles. The standard InChI is InChI=1S/C29H29N3O3/c1-18-6-16-24(17-7-18)32-27(34)25(20-8-12-22(13-9-20)30-19(2)33)26(28(32)35)31-23-14-10-21(11-15-23)29(3,4)5/h6-17,31H,1-5H3,(H,30,33). The normalized spacial score (nSPS) is 13.9. The number of aryl methyl sites for hydroxylation is 1. The molecule has 35 heavy (non-hydrogen) atoms. The number of carbonyl (C=O) groups excluding carboxylic acids is 3. The van der Waals surface area contributed by atoms with Gasteiger partial charge in [0.25, 0.3) is 11.8 Å². The fraction of sp³-hybridized carbons (Fsp3) is 0.207. The number of rotatable bonds is 5. The van der Waals surface area contributed by atoms with E-state index in [-0.39, 0.29) is 22.6 Å². The molecule has 6 nitrogen and oxygen atoms in total. The van der Waals surface area contributed by atoms with Crippen LogP contribution in [0.15, 0.2) is 78.5 Å². The third kappa shape index (κ3) is 5.01. The van der Waals surface area contributed by atoms with E-state index in [0.717, 1.165) is 5.56 Å². The van der Waals surface area contributed by atoms with Gasteiger partial charge in [0.05, 0.1) is 11.3 Å². The van der Waals surface area contributed by atoms with Gasteiger partial charge in [-0.2, -0.15) is 0 Å². The Morgan fingerprint density at radius 1 is 0.771 bits per heavy atom. The Morgan fingerprint density at radius 2 is 1.34 bits per heavy atom. The molecule has 3 aromatic rings. The van der Waals surface area contributed by atoms with Crippen molar-refractivity contribution in [3.8, 4) is 0 Å². The molecule has 0 bridgehead atoms. The van der Waals surface area contributed by atoms with Crippen molar-refractivity contribution in [2.45, 2.75) is 40.0 Å². The van der Waals surface area contributed by atoms with Crippen molar-refractivity contribution in [2.24, 2.45) is 0 Å². The van der Waals surface area contributed by atoms with Crippen molar-refractivity contribution in [3.63, 3.8) is 0 Å². The summed E-state index contributed by atoms with van der Waals surface area (Å²) in [6.07, 6.45) is 0. The van der Waals surface area contributed by atoms with Gasteiger partial charge in [0.2, 0.25) is 5.91 Å². The van der Waals surface area contributed by atoms with Crippen LogP contribution in [0.1, 0.15) is 44.4 Å². The van der Waals surface area contributed by atoms with Gasteiger partial charge in [0.15, 0.2) is 0 Å². The number of amides is 3. The highest BCUT2D eigenvalue weighted by Crippen LogP contribution is 2.34. The smallest absolute Gasteiger partial charge is 0.282 e. The second-order valence-electron chi connectivity index (χ2n) is 9.74. The number of benzene rings is 3. The molecule has 0 saturated heterocycles. The van der Waals surface area contributed by atoms with Crippen LogP contribution in [0.3, 0.4) is 0 Å². The first-order chi connectivity index (χ1) is 16.5. The van der Waals surface area contributed by atoms with E-state index in [0.29, 0.717) is 22.6 Å². The Labute approximate surface area is 205 Å². The maximum atomic E-state index is 13.6. The van der Waals surface area contributed by atoms with E-state index >= 15 is 0 Å². The molecule has 0 fully saturated rings. The van der Waals surface area contributed by atoms with Gasteiger partial charge in [-0.05, 0) is 59.9 Å². The summed E-state index contributed by atoms with van der Waals surface area (Å²) < 4.78 is 0. The molecular formula is C29H29N3O3. The lowest BCUT2D eigenvalue weighted by Gasteiger charge is -2.19. The molecule has 6 heteroatoms. The number of nitrogens with zero attached hydrogens (tertiary/aromatic N) is 1. The van der Waals surface area contributed by atoms with Crippen LogP contribution in [0.5, 0.6) is 0 Å². The zero-order valence-electron chi connectivity index (χ0n) is 20.6. The number of hydrogen-bond donors (Lipinski definition) is 2. The second-order valence-corrected chi connectivity index (χ2v) is 9.74. The first-order valence-corrected chi connectivity index (χ1v) is 11.5. The van der Waals surface area contributed by atoms with Crippen molar-refractivity contribution >= 4 is 40.4 Å². The van der Waals surface area contributed by atoms with Crippen LogP contribution in [0.2, 0.25) is 0 Å². The maximum absolute atomic E-state index is 13.6. The summed E-state index contributed by atoms with van der Waals surface area (Å²) in [5.74, 6) is -1.00. The number of imide groups is 1. The third-order valence-electron chi connectivity index (χ3n) is 5.89. The molecule has 3 amide bonds. The number of hydrogen-bond acceptors (Lipinski definition) is 4. The lowest BCUT2D eigenvalue weighted by atomic mass is 9.87. The fourth-order valence-corrected chi connectivity index (χ4v) is 3.96. The van der Waals surface area contributed by atoms with Gasteiger partial charge in [-0.15, -0.1) is 0 Å². The molecule has 1 aliphatic rings. The van der Waals surface area contributed by atoms with Crippen molar-refractivity contribution in [1.82, 2.24) is 0 Å². The van der Waals surface area contributed by atoms with Crippen LogP contribution in [-0.2, 0) is 19.8 Å². The molecule has 178 valence electrons. The van der Waals surface area contributed by atoms with Gasteiger partial charge < -0.3 is 10.6 Å². The highest BCUT2D eigenvalue weighted by molar-refractivity contribution is 6.46. The minimum absolute atomic E-state index is 0.00000488. The number of anilines is 3. The first-order valence-electron chi connectivity index (χ1n) is 11.5. The monoisotopic (exact) mass is 467 g/mol. The van der Waals surface area contributed by atoms with Crippen LogP contribution in [0.4, 0.5) is 17.1 Å². The van der Waals surface area contributed by atoms with Crippen molar-refractivity contribution in [3.05, 3.63) is 95.2 Å². The second kappa shape index (κ2) is 9.22. The van der Waals surface area contributed by atoms with E-state index < -0.39 is 11.8 Å². The molecule has 0 aromatic heterocycles. The van der Waals surface area contributed by atoms with Crippen molar-refractivity contribution in [2.75, 3.05) is 15.5 Å². The highest BCUT2D eigenvalue weighted by Gasteiger charge is 2.40. The molecule has 0 spiro atoms. The number of carbonyl (C=O) groups is 3. The molecule has 2 N–H and O–H groups in total. The Morgan fingerprint density at radius 3 is 1.89 bits per heavy atom. The zero-order chi connectivity index (χ0) is 25.3. The molecule has 1 aliphatic heterocycles. The van der Waals surface area contributed by atoms with Crippen LogP contribution in [0, 0.1) is 6.92 Å². The van der Waals surface area contributed by atoms with Gasteiger partial charge >= 0.3 is 0 Å². The summed E-state index contributed by atoms with van der Waals surface area (Å²) in [5, 5.41) is 5.92. The Kier molecular flexibility index (Phi) is 6.31. The summed E-state index contributed by atoms with van der Waals surface area (Å²) in [6.45, 7) is 9.80. The van der Waals surface area contributed by atoms with Gasteiger partial charge in [-0.1, -0.05) is 62.7 Å². The van der Waals surface area contributed by atoms with E-state index in [1.165, 1.54) is 17.4 Å². The van der Waals surface area contributed by atoms with Crippen LogP contribution < -0.4 is 15.5 Å².